The molecular formula is C10H13NO5S2. The fourth-order valence-electron chi connectivity index (χ4n) is 1.21. The average Bonchev–Trinajstić information content (AvgIpc) is 2.73. The van der Waals surface area contributed by atoms with Crippen LogP contribution in [-0.2, 0) is 14.6 Å². The molecule has 1 aromatic rings. The van der Waals surface area contributed by atoms with E-state index in [2.05, 4.69) is 5.32 Å². The van der Waals surface area contributed by atoms with Gasteiger partial charge in [0.15, 0.2) is 9.84 Å². The molecule has 0 aromatic carbocycles. The third kappa shape index (κ3) is 3.54. The van der Waals surface area contributed by atoms with Crippen molar-refractivity contribution in [1.82, 2.24) is 5.32 Å². The monoisotopic (exact) mass is 291 g/mol. The summed E-state index contributed by atoms with van der Waals surface area (Å²) in [6, 6.07) is 0.267. The molecule has 100 valence electrons. The Kier molecular flexibility index (Phi) is 4.47. The zero-order chi connectivity index (χ0) is 13.9. The highest BCUT2D eigenvalue weighted by Gasteiger charge is 2.20. The summed E-state index contributed by atoms with van der Waals surface area (Å²) in [5.74, 6) is -1.71. The number of hydrogen-bond donors (Lipinski definition) is 2. The number of carboxylic acid groups (broad SMARTS) is 1. The molecule has 1 rings (SSSR count). The van der Waals surface area contributed by atoms with Crippen LogP contribution in [0.15, 0.2) is 15.7 Å². The Morgan fingerprint density at radius 2 is 2.11 bits per heavy atom. The molecule has 18 heavy (non-hydrogen) atoms. The van der Waals surface area contributed by atoms with Crippen molar-refractivity contribution in [2.45, 2.75) is 23.6 Å². The second kappa shape index (κ2) is 5.49. The minimum Gasteiger partial charge on any atom is -0.480 e. The summed E-state index contributed by atoms with van der Waals surface area (Å²) in [6.07, 6.45) is 1.30. The van der Waals surface area contributed by atoms with E-state index in [-0.39, 0.29) is 16.2 Å². The van der Waals surface area contributed by atoms with Crippen molar-refractivity contribution in [2.24, 2.45) is 0 Å². The number of nitrogens with one attached hydrogen (secondary N) is 1. The van der Waals surface area contributed by atoms with Crippen LogP contribution in [0.1, 0.15) is 23.7 Å². The SMILES string of the molecule is CCC(NC(=O)c1csc(S(C)(=O)=O)c1)C(=O)O. The molecule has 1 unspecified atom stereocenters. The van der Waals surface area contributed by atoms with Crippen molar-refractivity contribution in [2.75, 3.05) is 6.26 Å². The molecule has 0 fully saturated rings. The Morgan fingerprint density at radius 1 is 1.50 bits per heavy atom. The Morgan fingerprint density at radius 3 is 2.50 bits per heavy atom. The molecule has 0 saturated carbocycles. The van der Waals surface area contributed by atoms with E-state index in [9.17, 15) is 18.0 Å². The number of sulfone groups is 1. The van der Waals surface area contributed by atoms with E-state index in [4.69, 9.17) is 5.11 Å². The maximum Gasteiger partial charge on any atom is 0.326 e. The lowest BCUT2D eigenvalue weighted by Gasteiger charge is -2.10. The second-order valence-corrected chi connectivity index (χ2v) is 6.85. The lowest BCUT2D eigenvalue weighted by molar-refractivity contribution is -0.139. The van der Waals surface area contributed by atoms with Gasteiger partial charge in [0.05, 0.1) is 5.56 Å². The molecule has 8 heteroatoms. The number of carbonyl (C=O) groups excluding carboxylic acids is 1. The summed E-state index contributed by atoms with van der Waals surface area (Å²) in [5, 5.41) is 12.5. The molecule has 2 N–H and O–H groups in total. The van der Waals surface area contributed by atoms with Crippen molar-refractivity contribution in [3.8, 4) is 0 Å². The van der Waals surface area contributed by atoms with Gasteiger partial charge >= 0.3 is 5.97 Å². The van der Waals surface area contributed by atoms with Crippen LogP contribution in [0, 0.1) is 0 Å². The molecule has 6 nitrogen and oxygen atoms in total. The number of carbonyl (C=O) groups is 2. The molecule has 1 amide bonds. The molecule has 0 radical (unpaired) electrons. The summed E-state index contributed by atoms with van der Waals surface area (Å²) >= 11 is 0.932. The maximum absolute atomic E-state index is 11.7. The molecule has 0 spiro atoms. The van der Waals surface area contributed by atoms with E-state index >= 15 is 0 Å². The van der Waals surface area contributed by atoms with Crippen LogP contribution in [0.5, 0.6) is 0 Å². The third-order valence-corrected chi connectivity index (χ3v) is 4.98. The minimum absolute atomic E-state index is 0.0797. The number of amides is 1. The first-order chi connectivity index (χ1) is 8.25. The average molecular weight is 291 g/mol. The Hall–Kier alpha value is -1.41. The van der Waals surface area contributed by atoms with Gasteiger partial charge in [0, 0.05) is 11.6 Å². The van der Waals surface area contributed by atoms with E-state index in [1.165, 1.54) is 11.4 Å². The zero-order valence-electron chi connectivity index (χ0n) is 9.84. The number of rotatable bonds is 5. The van der Waals surface area contributed by atoms with Crippen molar-refractivity contribution < 1.29 is 23.1 Å². The quantitative estimate of drug-likeness (QED) is 0.833. The van der Waals surface area contributed by atoms with Gasteiger partial charge in [-0.2, -0.15) is 0 Å². The molecule has 0 aliphatic heterocycles. The smallest absolute Gasteiger partial charge is 0.326 e. The Balaban J connectivity index is 2.86. The first kappa shape index (κ1) is 14.7. The molecule has 0 aliphatic rings. The fraction of sp³-hybridized carbons (Fsp3) is 0.400. The standard InChI is InChI=1S/C10H13NO5S2/c1-3-7(10(13)14)11-9(12)6-4-8(17-5-6)18(2,15)16/h4-5,7H,3H2,1-2H3,(H,11,12)(H,13,14). The summed E-state index contributed by atoms with van der Waals surface area (Å²) in [5.41, 5.74) is 0.153. The fourth-order valence-corrected chi connectivity index (χ4v) is 3.01. The van der Waals surface area contributed by atoms with Crippen molar-refractivity contribution >= 4 is 33.1 Å². The van der Waals surface area contributed by atoms with Gasteiger partial charge < -0.3 is 10.4 Å². The lowest BCUT2D eigenvalue weighted by Crippen LogP contribution is -2.40. The maximum atomic E-state index is 11.7. The Bertz CT molecular complexity index is 561. The first-order valence-electron chi connectivity index (χ1n) is 5.08. The van der Waals surface area contributed by atoms with Crippen LogP contribution in [0.3, 0.4) is 0 Å². The highest BCUT2D eigenvalue weighted by Crippen LogP contribution is 2.20. The van der Waals surface area contributed by atoms with Gasteiger partial charge in [-0.25, -0.2) is 13.2 Å². The van der Waals surface area contributed by atoms with Crippen LogP contribution in [0.25, 0.3) is 0 Å². The topological polar surface area (TPSA) is 101 Å². The highest BCUT2D eigenvalue weighted by atomic mass is 32.2. The van der Waals surface area contributed by atoms with Crippen LogP contribution in [-0.4, -0.2) is 37.7 Å². The van der Waals surface area contributed by atoms with E-state index < -0.39 is 27.8 Å². The van der Waals surface area contributed by atoms with E-state index in [1.807, 2.05) is 0 Å². The van der Waals surface area contributed by atoms with Crippen LogP contribution < -0.4 is 5.32 Å². The zero-order valence-corrected chi connectivity index (χ0v) is 11.5. The summed E-state index contributed by atoms with van der Waals surface area (Å²) < 4.78 is 22.6. The van der Waals surface area contributed by atoms with Gasteiger partial charge in [0.1, 0.15) is 10.3 Å². The van der Waals surface area contributed by atoms with Crippen LogP contribution in [0.2, 0.25) is 0 Å². The summed E-state index contributed by atoms with van der Waals surface area (Å²) in [7, 11) is -3.34. The summed E-state index contributed by atoms with van der Waals surface area (Å²) in [4.78, 5) is 22.4. The normalized spacial score (nSPS) is 13.0. The molecule has 1 atom stereocenters. The van der Waals surface area contributed by atoms with Gasteiger partial charge in [-0.15, -0.1) is 11.3 Å². The lowest BCUT2D eigenvalue weighted by atomic mass is 10.2. The van der Waals surface area contributed by atoms with Gasteiger partial charge in [-0.1, -0.05) is 6.92 Å². The minimum atomic E-state index is -3.34. The van der Waals surface area contributed by atoms with Crippen LogP contribution >= 0.6 is 11.3 Å². The number of aliphatic carboxylic acids is 1. The van der Waals surface area contributed by atoms with E-state index in [0.717, 1.165) is 17.6 Å². The number of hydrogen-bond acceptors (Lipinski definition) is 5. The number of carboxylic acids is 1. The molecule has 0 aliphatic carbocycles. The van der Waals surface area contributed by atoms with Crippen LogP contribution in [0.4, 0.5) is 0 Å². The first-order valence-corrected chi connectivity index (χ1v) is 7.85. The van der Waals surface area contributed by atoms with Crippen molar-refractivity contribution in [3.63, 3.8) is 0 Å². The van der Waals surface area contributed by atoms with Crippen molar-refractivity contribution in [1.29, 1.82) is 0 Å². The van der Waals surface area contributed by atoms with Gasteiger partial charge in [0.2, 0.25) is 0 Å². The van der Waals surface area contributed by atoms with Gasteiger partial charge in [0.25, 0.3) is 5.91 Å². The molecule has 1 heterocycles. The van der Waals surface area contributed by atoms with E-state index in [1.54, 1.807) is 6.92 Å². The molecular weight excluding hydrogens is 278 g/mol. The Labute approximate surface area is 109 Å². The molecule has 1 aromatic heterocycles. The summed E-state index contributed by atoms with van der Waals surface area (Å²) in [6.45, 7) is 1.63. The molecule has 0 bridgehead atoms. The second-order valence-electron chi connectivity index (χ2n) is 3.70. The number of thiophene rings is 1. The third-order valence-electron chi connectivity index (χ3n) is 2.21. The van der Waals surface area contributed by atoms with Gasteiger partial charge in [-0.05, 0) is 12.5 Å². The predicted octanol–water partition coefficient (Wildman–Crippen LogP) is 0.745. The predicted molar refractivity (Wildman–Crippen MR) is 66.6 cm³/mol. The van der Waals surface area contributed by atoms with Crippen molar-refractivity contribution in [3.05, 3.63) is 17.0 Å². The largest absolute Gasteiger partial charge is 0.480 e. The van der Waals surface area contributed by atoms with Gasteiger partial charge in [-0.3, -0.25) is 4.79 Å². The molecule has 0 saturated heterocycles. The van der Waals surface area contributed by atoms with E-state index in [0.29, 0.717) is 0 Å². The highest BCUT2D eigenvalue weighted by molar-refractivity contribution is 7.92.